The van der Waals surface area contributed by atoms with Crippen molar-refractivity contribution in [1.29, 1.82) is 0 Å². The first-order chi connectivity index (χ1) is 31.3. The van der Waals surface area contributed by atoms with Crippen LogP contribution in [0.4, 0.5) is 0 Å². The molecule has 0 N–H and O–H groups in total. The van der Waals surface area contributed by atoms with Gasteiger partial charge in [0.1, 0.15) is 26.4 Å². The third kappa shape index (κ3) is 20.3. The number of carbonyl (C=O) groups is 4. The van der Waals surface area contributed by atoms with Crippen LogP contribution in [-0.4, -0.2) is 139 Å². The van der Waals surface area contributed by atoms with Gasteiger partial charge in [0, 0.05) is 18.5 Å². The predicted octanol–water partition coefficient (Wildman–Crippen LogP) is 4.65. The Balaban J connectivity index is 1.43. The predicted molar refractivity (Wildman–Crippen MR) is 234 cm³/mol. The van der Waals surface area contributed by atoms with Crippen LogP contribution in [0.25, 0.3) is 0 Å². The Morgan fingerprint density at radius 3 is 0.859 bits per heavy atom. The van der Waals surface area contributed by atoms with Gasteiger partial charge in [-0.1, -0.05) is 121 Å². The molecule has 4 aromatic carbocycles. The minimum Gasteiger partial charge on any atom is -0.460 e. The lowest BCUT2D eigenvalue weighted by Crippen LogP contribution is -2.54. The maximum absolute atomic E-state index is 13.6. The fourth-order valence-electron chi connectivity index (χ4n) is 6.78. The fraction of sp³-hybridized carbons (Fsp3) is 0.429. The van der Waals surface area contributed by atoms with Crippen molar-refractivity contribution in [3.05, 3.63) is 144 Å². The van der Waals surface area contributed by atoms with E-state index in [-0.39, 0.29) is 105 Å². The van der Waals surface area contributed by atoms with Crippen LogP contribution >= 0.6 is 0 Å². The average molecular weight is 885 g/mol. The van der Waals surface area contributed by atoms with E-state index in [4.69, 9.17) is 42.6 Å². The average Bonchev–Trinajstić information content (AvgIpc) is 3.31. The molecule has 4 aromatic rings. The number of hydrogen-bond acceptors (Lipinski definition) is 15. The van der Waals surface area contributed by atoms with Crippen LogP contribution < -0.4 is 0 Å². The van der Waals surface area contributed by atoms with Crippen LogP contribution in [-0.2, 0) is 88.2 Å². The number of hydrogen-bond donors (Lipinski definition) is 0. The third-order valence-electron chi connectivity index (χ3n) is 9.80. The molecule has 0 aliphatic carbocycles. The van der Waals surface area contributed by atoms with Crippen LogP contribution in [0.1, 0.15) is 22.3 Å². The molecule has 0 spiro atoms. The van der Waals surface area contributed by atoms with E-state index in [0.717, 1.165) is 22.3 Å². The first-order valence-electron chi connectivity index (χ1n) is 21.5. The Hall–Kier alpha value is -5.52. The summed E-state index contributed by atoms with van der Waals surface area (Å²) >= 11 is 0. The second-order valence-corrected chi connectivity index (χ2v) is 15.3. The van der Waals surface area contributed by atoms with Gasteiger partial charge in [0.15, 0.2) is 0 Å². The fourth-order valence-corrected chi connectivity index (χ4v) is 6.78. The quantitative estimate of drug-likeness (QED) is 0.0892. The van der Waals surface area contributed by atoms with Crippen molar-refractivity contribution in [3.63, 3.8) is 0 Å². The number of nitrogens with zero attached hydrogens (tertiary/aromatic N) is 2. The SMILES string of the molecule is O=C(CN(CC(=O)OCc1ccccc1)CC1(CN(CC(=O)OCc2ccccc2)CC(=O)OCc2ccccc2)COCCOCCOCCOCCOC1)OCc1ccccc1. The first-order valence-corrected chi connectivity index (χ1v) is 21.5. The molecule has 0 bridgehead atoms. The van der Waals surface area contributed by atoms with Gasteiger partial charge in [0.2, 0.25) is 0 Å². The maximum Gasteiger partial charge on any atom is 0.320 e. The second-order valence-electron chi connectivity index (χ2n) is 15.3. The Bertz CT molecular complexity index is 1670. The molecule has 0 saturated carbocycles. The van der Waals surface area contributed by atoms with E-state index in [0.29, 0.717) is 26.4 Å². The highest BCUT2D eigenvalue weighted by Gasteiger charge is 2.38. The zero-order valence-corrected chi connectivity index (χ0v) is 36.4. The summed E-state index contributed by atoms with van der Waals surface area (Å²) in [4.78, 5) is 57.7. The maximum atomic E-state index is 13.6. The molecule has 15 heteroatoms. The summed E-state index contributed by atoms with van der Waals surface area (Å²) in [6.07, 6.45) is 0. The third-order valence-corrected chi connectivity index (χ3v) is 9.80. The van der Waals surface area contributed by atoms with E-state index in [2.05, 4.69) is 0 Å². The van der Waals surface area contributed by atoms with Gasteiger partial charge in [-0.2, -0.15) is 0 Å². The Morgan fingerprint density at radius 2 is 0.609 bits per heavy atom. The molecule has 1 aliphatic rings. The second kappa shape index (κ2) is 29.0. The monoisotopic (exact) mass is 884 g/mol. The molecule has 1 heterocycles. The molecule has 0 unspecified atom stereocenters. The summed E-state index contributed by atoms with van der Waals surface area (Å²) in [5.74, 6) is -2.33. The standard InChI is InChI=1S/C49H60N2O13/c52-45(61-33-41-13-5-1-6-14-41)29-50(30-46(53)62-34-42-15-7-2-8-16-42)37-49(39-59-27-25-57-23-21-56-22-24-58-26-28-60-40-49)38-51(31-47(54)63-35-43-17-9-3-10-18-43)32-48(55)64-36-44-19-11-4-12-20-44/h1-20H,21-40H2. The normalized spacial score (nSPS) is 15.2. The van der Waals surface area contributed by atoms with Crippen molar-refractivity contribution in [1.82, 2.24) is 9.80 Å². The van der Waals surface area contributed by atoms with Crippen molar-refractivity contribution < 1.29 is 61.8 Å². The van der Waals surface area contributed by atoms with Crippen molar-refractivity contribution in [3.8, 4) is 0 Å². The van der Waals surface area contributed by atoms with Gasteiger partial charge in [-0.05, 0) is 22.3 Å². The molecule has 0 amide bonds. The van der Waals surface area contributed by atoms with Crippen molar-refractivity contribution in [2.24, 2.45) is 5.41 Å². The number of rotatable bonds is 20. The number of benzene rings is 4. The number of carbonyl (C=O) groups excluding carboxylic acids is 4. The summed E-state index contributed by atoms with van der Waals surface area (Å²) < 4.78 is 52.4. The van der Waals surface area contributed by atoms with Gasteiger partial charge in [-0.3, -0.25) is 29.0 Å². The minimum absolute atomic E-state index is 0.00193. The van der Waals surface area contributed by atoms with E-state index >= 15 is 0 Å². The smallest absolute Gasteiger partial charge is 0.320 e. The van der Waals surface area contributed by atoms with Crippen LogP contribution in [0.3, 0.4) is 0 Å². The van der Waals surface area contributed by atoms with Crippen molar-refractivity contribution in [2.75, 3.05) is 105 Å². The van der Waals surface area contributed by atoms with Gasteiger partial charge < -0.3 is 42.6 Å². The van der Waals surface area contributed by atoms with Crippen LogP contribution in [0.15, 0.2) is 121 Å². The van der Waals surface area contributed by atoms with Gasteiger partial charge in [0.25, 0.3) is 0 Å². The van der Waals surface area contributed by atoms with Crippen LogP contribution in [0, 0.1) is 5.41 Å². The summed E-state index contributed by atoms with van der Waals surface area (Å²) in [5, 5.41) is 0. The van der Waals surface area contributed by atoms with Crippen molar-refractivity contribution >= 4 is 23.9 Å². The highest BCUT2D eigenvalue weighted by molar-refractivity contribution is 5.76. The molecular formula is C49H60N2O13. The van der Waals surface area contributed by atoms with Gasteiger partial charge >= 0.3 is 23.9 Å². The molecule has 0 atom stereocenters. The van der Waals surface area contributed by atoms with Crippen LogP contribution in [0.5, 0.6) is 0 Å². The Morgan fingerprint density at radius 1 is 0.375 bits per heavy atom. The van der Waals surface area contributed by atoms with Gasteiger partial charge in [0.05, 0.1) is 92.2 Å². The highest BCUT2D eigenvalue weighted by Crippen LogP contribution is 2.24. The number of ether oxygens (including phenoxy) is 9. The zero-order valence-electron chi connectivity index (χ0n) is 36.4. The molecule has 1 aliphatic heterocycles. The first kappa shape index (κ1) is 49.5. The summed E-state index contributed by atoms with van der Waals surface area (Å²) in [6, 6.07) is 37.1. The number of esters is 4. The summed E-state index contributed by atoms with van der Waals surface area (Å²) in [6.45, 7) is 1.21. The Kier molecular flexibility index (Phi) is 22.4. The molecule has 64 heavy (non-hydrogen) atoms. The van der Waals surface area contributed by atoms with Crippen molar-refractivity contribution in [2.45, 2.75) is 26.4 Å². The molecule has 1 saturated heterocycles. The van der Waals surface area contributed by atoms with E-state index in [1.54, 1.807) is 9.80 Å². The molecule has 0 aromatic heterocycles. The Labute approximate surface area is 375 Å². The molecule has 15 nitrogen and oxygen atoms in total. The van der Waals surface area contributed by atoms with E-state index < -0.39 is 29.3 Å². The molecule has 344 valence electrons. The lowest BCUT2D eigenvalue weighted by Gasteiger charge is -2.40. The summed E-state index contributed by atoms with van der Waals surface area (Å²) in [7, 11) is 0. The molecule has 5 rings (SSSR count). The highest BCUT2D eigenvalue weighted by atomic mass is 16.6. The van der Waals surface area contributed by atoms with Gasteiger partial charge in [-0.15, -0.1) is 0 Å². The van der Waals surface area contributed by atoms with Gasteiger partial charge in [-0.25, -0.2) is 0 Å². The minimum atomic E-state index is -1.11. The van der Waals surface area contributed by atoms with Crippen LogP contribution in [0.2, 0.25) is 0 Å². The molecular weight excluding hydrogens is 825 g/mol. The lowest BCUT2D eigenvalue weighted by atomic mass is 9.87. The zero-order chi connectivity index (χ0) is 44.9. The summed E-state index contributed by atoms with van der Waals surface area (Å²) in [5.41, 5.74) is 2.07. The van der Waals surface area contributed by atoms with E-state index in [9.17, 15) is 19.2 Å². The van der Waals surface area contributed by atoms with E-state index in [1.807, 2.05) is 121 Å². The topological polar surface area (TPSA) is 158 Å². The molecule has 0 radical (unpaired) electrons. The van der Waals surface area contributed by atoms with E-state index in [1.165, 1.54) is 0 Å². The molecule has 1 fully saturated rings. The largest absolute Gasteiger partial charge is 0.460 e. The lowest BCUT2D eigenvalue weighted by molar-refractivity contribution is -0.153.